The van der Waals surface area contributed by atoms with E-state index >= 15 is 0 Å². The van der Waals surface area contributed by atoms with E-state index in [1.807, 2.05) is 0 Å². The molecule has 0 aliphatic carbocycles. The number of methoxy groups -OCH3 is 1. The lowest BCUT2D eigenvalue weighted by molar-refractivity contribution is -0.228. The van der Waals surface area contributed by atoms with Crippen molar-refractivity contribution < 1.29 is 37.0 Å². The number of hydrogen-bond acceptors (Lipinski definition) is 7. The summed E-state index contributed by atoms with van der Waals surface area (Å²) in [6.07, 6.45) is -2.44. The van der Waals surface area contributed by atoms with Gasteiger partial charge in [-0.05, 0) is 27.7 Å². The molecule has 0 aromatic heterocycles. The molecule has 23 heavy (non-hydrogen) atoms. The van der Waals surface area contributed by atoms with E-state index in [0.717, 1.165) is 0 Å². The normalized spacial score (nSPS) is 34.5. The molecule has 2 heterocycles. The van der Waals surface area contributed by atoms with E-state index in [2.05, 4.69) is 0 Å². The molecule has 7 nitrogen and oxygen atoms in total. The molecule has 2 rings (SSSR count). The molecular weight excluding hydrogens is 330 g/mol. The molecule has 5 atom stereocenters. The Kier molecular flexibility index (Phi) is 6.22. The minimum absolute atomic E-state index is 0.0998. The number of ether oxygens (including phenoxy) is 4. The second-order valence-electron chi connectivity index (χ2n) is 5.89. The van der Waals surface area contributed by atoms with Crippen LogP contribution in [-0.4, -0.2) is 56.6 Å². The second kappa shape index (κ2) is 7.44. The zero-order valence-electron chi connectivity index (χ0n) is 14.2. The van der Waals surface area contributed by atoms with Gasteiger partial charge in [0.2, 0.25) is 5.91 Å². The fraction of sp³-hybridized carbons (Fsp3) is 1.00. The van der Waals surface area contributed by atoms with Gasteiger partial charge in [0.05, 0.1) is 19.3 Å². The first-order chi connectivity index (χ1) is 10.8. The van der Waals surface area contributed by atoms with Crippen LogP contribution in [-0.2, 0) is 32.6 Å². The van der Waals surface area contributed by atoms with Crippen molar-refractivity contribution in [3.63, 3.8) is 0 Å². The highest BCUT2D eigenvalue weighted by Crippen LogP contribution is 2.56. The van der Waals surface area contributed by atoms with Gasteiger partial charge in [-0.1, -0.05) is 0 Å². The minimum atomic E-state index is -3.84. The summed E-state index contributed by atoms with van der Waals surface area (Å²) in [5.41, 5.74) is 0. The molecule has 0 radical (unpaired) electrons. The first-order valence-electron chi connectivity index (χ1n) is 7.83. The number of halogens is 1. The molecule has 2 saturated heterocycles. The van der Waals surface area contributed by atoms with E-state index in [1.54, 1.807) is 27.7 Å². The van der Waals surface area contributed by atoms with E-state index in [4.69, 9.17) is 28.0 Å². The third kappa shape index (κ3) is 4.12. The van der Waals surface area contributed by atoms with E-state index in [1.165, 1.54) is 7.11 Å². The average molecular weight is 356 g/mol. The van der Waals surface area contributed by atoms with Gasteiger partial charge in [0.25, 0.3) is 0 Å². The summed E-state index contributed by atoms with van der Waals surface area (Å²) in [7, 11) is -2.36. The summed E-state index contributed by atoms with van der Waals surface area (Å²) < 4.78 is 59.6. The van der Waals surface area contributed by atoms with Gasteiger partial charge in [-0.3, -0.25) is 4.57 Å². The van der Waals surface area contributed by atoms with Gasteiger partial charge in [0.15, 0.2) is 12.1 Å². The highest BCUT2D eigenvalue weighted by molar-refractivity contribution is 7.54. The molecular formula is C14H26FO7P. The van der Waals surface area contributed by atoms with Crippen LogP contribution in [0.3, 0.4) is 0 Å². The quantitative estimate of drug-likeness (QED) is 0.619. The third-order valence-corrected chi connectivity index (χ3v) is 5.86. The van der Waals surface area contributed by atoms with Gasteiger partial charge < -0.3 is 28.0 Å². The summed E-state index contributed by atoms with van der Waals surface area (Å²) in [5, 5.41) is 0. The van der Waals surface area contributed by atoms with Crippen LogP contribution in [0.2, 0.25) is 0 Å². The van der Waals surface area contributed by atoms with Crippen molar-refractivity contribution in [3.05, 3.63) is 0 Å². The van der Waals surface area contributed by atoms with Gasteiger partial charge in [0.1, 0.15) is 12.2 Å². The Morgan fingerprint density at radius 3 is 2.26 bits per heavy atom. The monoisotopic (exact) mass is 356 g/mol. The lowest BCUT2D eigenvalue weighted by atomic mass is 10.1. The lowest BCUT2D eigenvalue weighted by Gasteiger charge is -2.26. The Labute approximate surface area is 136 Å². The minimum Gasteiger partial charge on any atom is -0.353 e. The zero-order valence-corrected chi connectivity index (χ0v) is 15.1. The Bertz CT molecular complexity index is 437. The molecule has 0 saturated carbocycles. The molecule has 2 aliphatic heterocycles. The predicted octanol–water partition coefficient (Wildman–Crippen LogP) is 2.83. The van der Waals surface area contributed by atoms with Crippen molar-refractivity contribution in [2.75, 3.05) is 20.3 Å². The Hall–Kier alpha value is -0.0800. The Morgan fingerprint density at radius 1 is 1.17 bits per heavy atom. The van der Waals surface area contributed by atoms with Crippen LogP contribution in [0, 0.1) is 0 Å². The van der Waals surface area contributed by atoms with E-state index < -0.39 is 43.9 Å². The van der Waals surface area contributed by atoms with Crippen LogP contribution in [0.4, 0.5) is 4.39 Å². The van der Waals surface area contributed by atoms with Gasteiger partial charge >= 0.3 is 7.60 Å². The van der Waals surface area contributed by atoms with Crippen LogP contribution in [0.25, 0.3) is 0 Å². The largest absolute Gasteiger partial charge is 0.364 e. The molecule has 0 amide bonds. The van der Waals surface area contributed by atoms with Crippen molar-refractivity contribution in [1.82, 2.24) is 0 Å². The highest BCUT2D eigenvalue weighted by Gasteiger charge is 2.57. The maximum absolute atomic E-state index is 14.6. The molecule has 3 unspecified atom stereocenters. The second-order valence-corrected chi connectivity index (χ2v) is 8.05. The average Bonchev–Trinajstić information content (AvgIpc) is 2.93. The summed E-state index contributed by atoms with van der Waals surface area (Å²) in [4.78, 5) is 0. The number of fused-ring (bicyclic) bond motifs is 1. The molecule has 0 aromatic carbocycles. The van der Waals surface area contributed by atoms with Crippen molar-refractivity contribution in [3.8, 4) is 0 Å². The van der Waals surface area contributed by atoms with Crippen LogP contribution >= 0.6 is 7.60 Å². The molecule has 2 aliphatic rings. The number of hydrogen-bond donors (Lipinski definition) is 0. The van der Waals surface area contributed by atoms with Gasteiger partial charge in [0, 0.05) is 13.5 Å². The maximum Gasteiger partial charge on any atom is 0.364 e. The van der Waals surface area contributed by atoms with Crippen molar-refractivity contribution in [1.29, 1.82) is 0 Å². The van der Waals surface area contributed by atoms with E-state index in [-0.39, 0.29) is 19.6 Å². The SMILES string of the molecule is CCOP(=O)(OCC)C(F)C[C@H]1O[C@@H](OC)C2OC(C)(C)OC21. The third-order valence-electron chi connectivity index (χ3n) is 3.73. The number of rotatable bonds is 8. The summed E-state index contributed by atoms with van der Waals surface area (Å²) in [5.74, 6) is -2.61. The number of alkyl halides is 1. The van der Waals surface area contributed by atoms with Gasteiger partial charge in [-0.2, -0.15) is 0 Å². The van der Waals surface area contributed by atoms with Crippen LogP contribution in [0.5, 0.6) is 0 Å². The fourth-order valence-electron chi connectivity index (χ4n) is 2.90. The Morgan fingerprint density at radius 2 is 1.74 bits per heavy atom. The summed E-state index contributed by atoms with van der Waals surface area (Å²) in [6, 6.07) is 0. The first-order valence-corrected chi connectivity index (χ1v) is 9.44. The topological polar surface area (TPSA) is 72.5 Å². The molecule has 0 spiro atoms. The predicted molar refractivity (Wildman–Crippen MR) is 79.9 cm³/mol. The van der Waals surface area contributed by atoms with E-state index in [9.17, 15) is 8.96 Å². The summed E-state index contributed by atoms with van der Waals surface area (Å²) >= 11 is 0. The van der Waals surface area contributed by atoms with Gasteiger partial charge in [-0.25, -0.2) is 4.39 Å². The molecule has 2 fully saturated rings. The smallest absolute Gasteiger partial charge is 0.353 e. The van der Waals surface area contributed by atoms with Crippen molar-refractivity contribution in [2.45, 2.75) is 70.4 Å². The maximum atomic E-state index is 14.6. The zero-order chi connectivity index (χ0) is 17.3. The molecule has 0 aromatic rings. The van der Waals surface area contributed by atoms with Crippen molar-refractivity contribution >= 4 is 7.60 Å². The van der Waals surface area contributed by atoms with Gasteiger partial charge in [-0.15, -0.1) is 0 Å². The van der Waals surface area contributed by atoms with E-state index in [0.29, 0.717) is 0 Å². The summed E-state index contributed by atoms with van der Waals surface area (Å²) in [6.45, 7) is 7.02. The molecule has 0 N–H and O–H groups in total. The van der Waals surface area contributed by atoms with Crippen molar-refractivity contribution in [2.24, 2.45) is 0 Å². The highest BCUT2D eigenvalue weighted by atomic mass is 31.2. The van der Waals surface area contributed by atoms with Crippen LogP contribution < -0.4 is 0 Å². The standard InChI is InChI=1S/C14H26FO7P/c1-6-18-23(16,19-7-2)10(15)8-9-11-12(13(17-5)20-9)22-14(3,4)21-11/h9-13H,6-8H2,1-5H3/t9-,10?,11?,12?,13-/m1/s1. The molecule has 9 heteroatoms. The first kappa shape index (κ1) is 19.2. The fourth-order valence-corrected chi connectivity index (χ4v) is 4.49. The Balaban J connectivity index is 2.08. The molecule has 136 valence electrons. The lowest BCUT2D eigenvalue weighted by Crippen LogP contribution is -2.32. The molecule has 0 bridgehead atoms. The van der Waals surface area contributed by atoms with Crippen LogP contribution in [0.1, 0.15) is 34.1 Å². The van der Waals surface area contributed by atoms with Crippen LogP contribution in [0.15, 0.2) is 0 Å².